The zero-order valence-electron chi connectivity index (χ0n) is 12.3. The van der Waals surface area contributed by atoms with Crippen molar-refractivity contribution in [1.29, 1.82) is 0 Å². The van der Waals surface area contributed by atoms with Gasteiger partial charge in [0, 0.05) is 18.5 Å². The van der Waals surface area contributed by atoms with Gasteiger partial charge >= 0.3 is 0 Å². The first-order chi connectivity index (χ1) is 10.2. The second-order valence-corrected chi connectivity index (χ2v) is 5.30. The highest BCUT2D eigenvalue weighted by Gasteiger charge is 2.29. The van der Waals surface area contributed by atoms with E-state index in [4.69, 9.17) is 5.11 Å². The number of amides is 1. The van der Waals surface area contributed by atoms with Gasteiger partial charge in [0.05, 0.1) is 24.8 Å². The molecule has 0 aliphatic carbocycles. The summed E-state index contributed by atoms with van der Waals surface area (Å²) < 4.78 is 0. The van der Waals surface area contributed by atoms with E-state index in [0.717, 1.165) is 18.4 Å². The van der Waals surface area contributed by atoms with Crippen molar-refractivity contribution in [2.24, 2.45) is 0 Å². The monoisotopic (exact) mass is 287 g/mol. The average molecular weight is 287 g/mol. The molecule has 1 saturated heterocycles. The molecule has 1 atom stereocenters. The number of hydrogen-bond donors (Lipinski definition) is 2. The lowest BCUT2D eigenvalue weighted by Gasteiger charge is -2.23. The molecule has 1 aromatic rings. The first-order valence-electron chi connectivity index (χ1n) is 7.29. The van der Waals surface area contributed by atoms with Gasteiger partial charge in [-0.15, -0.1) is 0 Å². The van der Waals surface area contributed by atoms with Gasteiger partial charge in [-0.25, -0.2) is 0 Å². The highest BCUT2D eigenvalue weighted by atomic mass is 16.3. The van der Waals surface area contributed by atoms with Gasteiger partial charge in [-0.3, -0.25) is 4.79 Å². The molecule has 1 unspecified atom stereocenters. The molecule has 0 aromatic heterocycles. The summed E-state index contributed by atoms with van der Waals surface area (Å²) in [5.41, 5.74) is 2.27. The van der Waals surface area contributed by atoms with E-state index in [2.05, 4.69) is 11.8 Å². The maximum Gasteiger partial charge on any atom is 0.255 e. The molecule has 1 amide bonds. The van der Waals surface area contributed by atoms with Gasteiger partial charge in [0.15, 0.2) is 0 Å². The van der Waals surface area contributed by atoms with Gasteiger partial charge in [-0.1, -0.05) is 23.5 Å². The minimum absolute atomic E-state index is 0.00306. The van der Waals surface area contributed by atoms with Crippen LogP contribution in [0.15, 0.2) is 18.2 Å². The van der Waals surface area contributed by atoms with Gasteiger partial charge < -0.3 is 15.1 Å². The Balaban J connectivity index is 2.31. The quantitative estimate of drug-likeness (QED) is 0.824. The molecule has 0 bridgehead atoms. The minimum atomic E-state index is -0.0868. The Kier molecular flexibility index (Phi) is 5.38. The van der Waals surface area contributed by atoms with E-state index in [-0.39, 0.29) is 25.2 Å². The van der Waals surface area contributed by atoms with Crippen molar-refractivity contribution >= 4 is 5.91 Å². The maximum atomic E-state index is 12.7. The summed E-state index contributed by atoms with van der Waals surface area (Å²) in [6.07, 6.45) is 2.17. The number of hydrogen-bond acceptors (Lipinski definition) is 3. The highest BCUT2D eigenvalue weighted by Crippen LogP contribution is 2.22. The smallest absolute Gasteiger partial charge is 0.255 e. The summed E-state index contributed by atoms with van der Waals surface area (Å²) in [4.78, 5) is 14.5. The molecule has 1 heterocycles. The SMILES string of the molecule is Cc1ccc(C#CCCO)c(C(=O)N2CCCC2CO)c1. The van der Waals surface area contributed by atoms with Gasteiger partial charge in [0.25, 0.3) is 5.91 Å². The number of likely N-dealkylation sites (tertiary alicyclic amines) is 1. The van der Waals surface area contributed by atoms with Gasteiger partial charge in [-0.2, -0.15) is 0 Å². The van der Waals surface area contributed by atoms with Crippen LogP contribution in [0.25, 0.3) is 0 Å². The van der Waals surface area contributed by atoms with Crippen LogP contribution >= 0.6 is 0 Å². The molecule has 0 radical (unpaired) electrons. The second kappa shape index (κ2) is 7.26. The van der Waals surface area contributed by atoms with E-state index in [1.807, 2.05) is 25.1 Å². The number of benzene rings is 1. The van der Waals surface area contributed by atoms with Crippen LogP contribution in [0, 0.1) is 18.8 Å². The molecule has 0 saturated carbocycles. The Hall–Kier alpha value is -1.83. The third kappa shape index (κ3) is 3.63. The van der Waals surface area contributed by atoms with E-state index < -0.39 is 0 Å². The molecular formula is C17H21NO3. The van der Waals surface area contributed by atoms with E-state index >= 15 is 0 Å². The highest BCUT2D eigenvalue weighted by molar-refractivity contribution is 5.97. The van der Waals surface area contributed by atoms with E-state index in [1.54, 1.807) is 4.90 Å². The Bertz CT molecular complexity index is 571. The number of aliphatic hydroxyl groups excluding tert-OH is 2. The molecule has 0 spiro atoms. The Morgan fingerprint density at radius 3 is 2.95 bits per heavy atom. The summed E-state index contributed by atoms with van der Waals surface area (Å²) >= 11 is 0. The van der Waals surface area contributed by atoms with Gasteiger partial charge in [-0.05, 0) is 31.9 Å². The first-order valence-corrected chi connectivity index (χ1v) is 7.29. The van der Waals surface area contributed by atoms with Crippen LogP contribution in [0.5, 0.6) is 0 Å². The summed E-state index contributed by atoms with van der Waals surface area (Å²) in [6.45, 7) is 2.64. The van der Waals surface area contributed by atoms with Gasteiger partial charge in [0.1, 0.15) is 0 Å². The predicted molar refractivity (Wildman–Crippen MR) is 80.9 cm³/mol. The zero-order valence-corrected chi connectivity index (χ0v) is 12.3. The molecule has 1 aromatic carbocycles. The number of aryl methyl sites for hydroxylation is 1. The van der Waals surface area contributed by atoms with Crippen molar-refractivity contribution in [2.45, 2.75) is 32.2 Å². The lowest BCUT2D eigenvalue weighted by atomic mass is 10.0. The van der Waals surface area contributed by atoms with Crippen molar-refractivity contribution in [2.75, 3.05) is 19.8 Å². The van der Waals surface area contributed by atoms with Crippen molar-refractivity contribution in [1.82, 2.24) is 4.90 Å². The maximum absolute atomic E-state index is 12.7. The Labute approximate surface area is 125 Å². The Morgan fingerprint density at radius 2 is 2.24 bits per heavy atom. The standard InChI is InChI=1S/C17H21NO3/c1-13-7-8-14(5-2-3-10-19)16(11-13)17(21)18-9-4-6-15(18)12-20/h7-8,11,15,19-20H,3-4,6,9-10,12H2,1H3. The van der Waals surface area contributed by atoms with Crippen molar-refractivity contribution in [3.05, 3.63) is 34.9 Å². The van der Waals surface area contributed by atoms with Crippen LogP contribution in [0.4, 0.5) is 0 Å². The summed E-state index contributed by atoms with van der Waals surface area (Å²) in [5, 5.41) is 18.2. The van der Waals surface area contributed by atoms with Crippen LogP contribution < -0.4 is 0 Å². The third-order valence-corrected chi connectivity index (χ3v) is 3.71. The lowest BCUT2D eigenvalue weighted by molar-refractivity contribution is 0.0677. The average Bonchev–Trinajstić information content (AvgIpc) is 2.96. The van der Waals surface area contributed by atoms with Crippen LogP contribution in [0.1, 0.15) is 40.7 Å². The van der Waals surface area contributed by atoms with Crippen LogP contribution in [-0.4, -0.2) is 46.8 Å². The number of carbonyl (C=O) groups excluding carboxylic acids is 1. The molecule has 2 N–H and O–H groups in total. The largest absolute Gasteiger partial charge is 0.395 e. The van der Waals surface area contributed by atoms with Crippen molar-refractivity contribution in [3.63, 3.8) is 0 Å². The minimum Gasteiger partial charge on any atom is -0.395 e. The van der Waals surface area contributed by atoms with E-state index in [0.29, 0.717) is 24.1 Å². The third-order valence-electron chi connectivity index (χ3n) is 3.71. The normalized spacial score (nSPS) is 17.5. The molecule has 2 rings (SSSR count). The van der Waals surface area contributed by atoms with Crippen molar-refractivity contribution < 1.29 is 15.0 Å². The number of nitrogens with zero attached hydrogens (tertiary/aromatic N) is 1. The predicted octanol–water partition coefficient (Wildman–Crippen LogP) is 1.33. The first kappa shape index (κ1) is 15.6. The molecule has 4 heteroatoms. The number of rotatable bonds is 3. The zero-order chi connectivity index (χ0) is 15.2. The summed E-state index contributed by atoms with van der Waals surface area (Å²) in [5.74, 6) is 5.75. The molecule has 1 aliphatic rings. The van der Waals surface area contributed by atoms with Crippen molar-refractivity contribution in [3.8, 4) is 11.8 Å². The van der Waals surface area contributed by atoms with Crippen LogP contribution in [0.3, 0.4) is 0 Å². The van der Waals surface area contributed by atoms with E-state index in [1.165, 1.54) is 0 Å². The topological polar surface area (TPSA) is 60.8 Å². The van der Waals surface area contributed by atoms with Crippen LogP contribution in [0.2, 0.25) is 0 Å². The fourth-order valence-electron chi connectivity index (χ4n) is 2.61. The van der Waals surface area contributed by atoms with E-state index in [9.17, 15) is 9.90 Å². The Morgan fingerprint density at radius 1 is 1.43 bits per heavy atom. The number of carbonyl (C=O) groups is 1. The van der Waals surface area contributed by atoms with Gasteiger partial charge in [0.2, 0.25) is 0 Å². The fourth-order valence-corrected chi connectivity index (χ4v) is 2.61. The number of aliphatic hydroxyl groups is 2. The molecule has 21 heavy (non-hydrogen) atoms. The molecule has 112 valence electrons. The summed E-state index contributed by atoms with van der Waals surface area (Å²) in [7, 11) is 0. The fraction of sp³-hybridized carbons (Fsp3) is 0.471. The molecule has 1 aliphatic heterocycles. The lowest BCUT2D eigenvalue weighted by Crippen LogP contribution is -2.38. The van der Waals surface area contributed by atoms with Crippen LogP contribution in [-0.2, 0) is 0 Å². The summed E-state index contributed by atoms with van der Waals surface area (Å²) in [6, 6.07) is 5.53. The molecular weight excluding hydrogens is 266 g/mol. The molecule has 1 fully saturated rings. The molecule has 4 nitrogen and oxygen atoms in total. The second-order valence-electron chi connectivity index (χ2n) is 5.30.